The zero-order valence-corrected chi connectivity index (χ0v) is 21.1. The lowest BCUT2D eigenvalue weighted by Gasteiger charge is -2.19. The van der Waals surface area contributed by atoms with Crippen molar-refractivity contribution in [2.24, 2.45) is 7.05 Å². The van der Waals surface area contributed by atoms with Crippen LogP contribution >= 0.6 is 11.8 Å². The van der Waals surface area contributed by atoms with Crippen LogP contribution in [0.3, 0.4) is 0 Å². The summed E-state index contributed by atoms with van der Waals surface area (Å²) >= 11 is 1.62. The van der Waals surface area contributed by atoms with E-state index in [0.29, 0.717) is 24.5 Å². The highest BCUT2D eigenvalue weighted by Gasteiger charge is 2.24. The molecule has 34 heavy (non-hydrogen) atoms. The molecule has 0 fully saturated rings. The lowest BCUT2D eigenvalue weighted by Crippen LogP contribution is -2.30. The minimum Gasteiger partial charge on any atom is -0.305 e. The maximum Gasteiger partial charge on any atom is 0.243 e. The third-order valence-electron chi connectivity index (χ3n) is 5.70. The number of rotatable bonds is 9. The third-order valence-corrected chi connectivity index (χ3v) is 9.09. The van der Waals surface area contributed by atoms with Crippen LogP contribution in [0.15, 0.2) is 95.0 Å². The van der Waals surface area contributed by atoms with Gasteiger partial charge in [-0.25, -0.2) is 8.42 Å². The van der Waals surface area contributed by atoms with Gasteiger partial charge in [0.15, 0.2) is 11.0 Å². The summed E-state index contributed by atoms with van der Waals surface area (Å²) in [4.78, 5) is 0.261. The van der Waals surface area contributed by atoms with Gasteiger partial charge in [0.1, 0.15) is 0 Å². The van der Waals surface area contributed by atoms with E-state index in [9.17, 15) is 8.42 Å². The summed E-state index contributed by atoms with van der Waals surface area (Å²) in [6.07, 6.45) is 0. The maximum absolute atomic E-state index is 13.0. The minimum absolute atomic E-state index is 0.0486. The maximum atomic E-state index is 13.0. The van der Waals surface area contributed by atoms with Gasteiger partial charge in [-0.1, -0.05) is 98.4 Å². The number of nitrogens with zero attached hydrogens (tertiary/aromatic N) is 4. The van der Waals surface area contributed by atoms with Gasteiger partial charge >= 0.3 is 0 Å². The van der Waals surface area contributed by atoms with Crippen LogP contribution < -0.4 is 0 Å². The first-order valence-electron chi connectivity index (χ1n) is 11.2. The highest BCUT2D eigenvalue weighted by molar-refractivity contribution is 7.99. The van der Waals surface area contributed by atoms with Gasteiger partial charge in [-0.15, -0.1) is 10.2 Å². The Kier molecular flexibility index (Phi) is 7.50. The molecule has 1 heterocycles. The zero-order valence-electron chi connectivity index (χ0n) is 19.5. The Balaban J connectivity index is 1.68. The second kappa shape index (κ2) is 10.5. The summed E-state index contributed by atoms with van der Waals surface area (Å²) in [5.41, 5.74) is 3.07. The molecule has 176 valence electrons. The van der Waals surface area contributed by atoms with Gasteiger partial charge in [0.25, 0.3) is 0 Å². The predicted octanol–water partition coefficient (Wildman–Crippen LogP) is 5.39. The molecule has 8 heteroatoms. The molecular formula is C26H28N4O2S2. The van der Waals surface area contributed by atoms with E-state index >= 15 is 0 Å². The van der Waals surface area contributed by atoms with E-state index in [1.165, 1.54) is 15.4 Å². The average Bonchev–Trinajstić information content (AvgIpc) is 3.24. The summed E-state index contributed by atoms with van der Waals surface area (Å²) in [6.45, 7) is 4.53. The van der Waals surface area contributed by atoms with Crippen LogP contribution in [0.2, 0.25) is 0 Å². The Morgan fingerprint density at radius 3 is 2.00 bits per heavy atom. The number of thioether (sulfide) groups is 1. The largest absolute Gasteiger partial charge is 0.305 e. The predicted molar refractivity (Wildman–Crippen MR) is 137 cm³/mol. The Hall–Kier alpha value is -2.94. The first-order valence-corrected chi connectivity index (χ1v) is 13.5. The molecule has 6 nitrogen and oxygen atoms in total. The standard InChI is InChI=1S/C26H28N4O2S2/c1-4-30(5-2)34(31,32)23-18-12-17-22(19-23)25-27-28-26(29(25)3)33-24(20-13-8-6-9-14-20)21-15-10-7-11-16-21/h6-19,24H,4-5H2,1-3H3. The van der Waals surface area contributed by atoms with Crippen LogP contribution in [0.4, 0.5) is 0 Å². The molecule has 0 aliphatic rings. The molecule has 0 saturated carbocycles. The van der Waals surface area contributed by atoms with Crippen LogP contribution in [0.1, 0.15) is 30.2 Å². The number of hydrogen-bond acceptors (Lipinski definition) is 5. The van der Waals surface area contributed by atoms with Gasteiger partial charge in [0, 0.05) is 25.7 Å². The van der Waals surface area contributed by atoms with Crippen molar-refractivity contribution >= 4 is 21.8 Å². The van der Waals surface area contributed by atoms with E-state index in [1.807, 2.05) is 67.9 Å². The zero-order chi connectivity index (χ0) is 24.1. The number of benzene rings is 3. The van der Waals surface area contributed by atoms with E-state index in [2.05, 4.69) is 34.5 Å². The highest BCUT2D eigenvalue weighted by Crippen LogP contribution is 2.40. The number of aromatic nitrogens is 3. The summed E-state index contributed by atoms with van der Waals surface area (Å²) in [5.74, 6) is 0.624. The molecule has 0 aliphatic heterocycles. The van der Waals surface area contributed by atoms with Crippen LogP contribution in [0, 0.1) is 0 Å². The summed E-state index contributed by atoms with van der Waals surface area (Å²) in [6, 6.07) is 27.6. The minimum atomic E-state index is -3.56. The molecule has 0 aliphatic carbocycles. The fourth-order valence-electron chi connectivity index (χ4n) is 3.87. The lowest BCUT2D eigenvalue weighted by atomic mass is 10.0. The smallest absolute Gasteiger partial charge is 0.243 e. The molecule has 0 unspecified atom stereocenters. The monoisotopic (exact) mass is 492 g/mol. The van der Waals surface area contributed by atoms with E-state index in [4.69, 9.17) is 0 Å². The molecule has 1 aromatic heterocycles. The van der Waals surface area contributed by atoms with E-state index in [-0.39, 0.29) is 10.1 Å². The molecule has 4 rings (SSSR count). The Labute approximate surface area is 205 Å². The van der Waals surface area contributed by atoms with Crippen molar-refractivity contribution in [3.63, 3.8) is 0 Å². The second-order valence-corrected chi connectivity index (χ2v) is 10.8. The molecule has 0 spiro atoms. The van der Waals surface area contributed by atoms with Crippen molar-refractivity contribution < 1.29 is 8.42 Å². The van der Waals surface area contributed by atoms with E-state index < -0.39 is 10.0 Å². The molecule has 0 bridgehead atoms. The Morgan fingerprint density at radius 1 is 0.853 bits per heavy atom. The van der Waals surface area contributed by atoms with Gasteiger partial charge in [0.2, 0.25) is 10.0 Å². The quantitative estimate of drug-likeness (QED) is 0.293. The van der Waals surface area contributed by atoms with Crippen molar-refractivity contribution in [1.29, 1.82) is 0 Å². The van der Waals surface area contributed by atoms with Crippen LogP contribution in [0.5, 0.6) is 0 Å². The van der Waals surface area contributed by atoms with Crippen LogP contribution in [0.25, 0.3) is 11.4 Å². The summed E-state index contributed by atoms with van der Waals surface area (Å²) < 4.78 is 29.4. The van der Waals surface area contributed by atoms with Crippen LogP contribution in [-0.4, -0.2) is 40.6 Å². The third kappa shape index (κ3) is 4.94. The SMILES string of the molecule is CCN(CC)S(=O)(=O)c1cccc(-c2nnc(SC(c3ccccc3)c3ccccc3)n2C)c1. The van der Waals surface area contributed by atoms with Crippen molar-refractivity contribution in [2.45, 2.75) is 29.1 Å². The van der Waals surface area contributed by atoms with Crippen molar-refractivity contribution in [2.75, 3.05) is 13.1 Å². The molecule has 4 aromatic rings. The number of sulfonamides is 1. The van der Waals surface area contributed by atoms with Crippen molar-refractivity contribution in [3.8, 4) is 11.4 Å². The van der Waals surface area contributed by atoms with Crippen molar-refractivity contribution in [3.05, 3.63) is 96.1 Å². The molecule has 0 saturated heterocycles. The highest BCUT2D eigenvalue weighted by atomic mass is 32.2. The lowest BCUT2D eigenvalue weighted by molar-refractivity contribution is 0.445. The van der Waals surface area contributed by atoms with Crippen molar-refractivity contribution in [1.82, 2.24) is 19.1 Å². The Morgan fingerprint density at radius 2 is 1.44 bits per heavy atom. The molecule has 3 aromatic carbocycles. The first-order chi connectivity index (χ1) is 16.5. The van der Waals surface area contributed by atoms with E-state index in [0.717, 1.165) is 5.16 Å². The molecule has 0 atom stereocenters. The topological polar surface area (TPSA) is 68.1 Å². The van der Waals surface area contributed by atoms with Gasteiger partial charge < -0.3 is 4.57 Å². The van der Waals surface area contributed by atoms with Gasteiger partial charge in [-0.2, -0.15) is 4.31 Å². The first kappa shape index (κ1) is 24.2. The molecule has 0 radical (unpaired) electrons. The molecule has 0 N–H and O–H groups in total. The molecule has 0 amide bonds. The Bertz CT molecular complexity index is 1300. The number of hydrogen-bond donors (Lipinski definition) is 0. The van der Waals surface area contributed by atoms with Crippen LogP contribution in [-0.2, 0) is 17.1 Å². The summed E-state index contributed by atoms with van der Waals surface area (Å²) in [5, 5.41) is 9.68. The molecular weight excluding hydrogens is 464 g/mol. The van der Waals surface area contributed by atoms with Gasteiger partial charge in [-0.05, 0) is 23.3 Å². The second-order valence-electron chi connectivity index (χ2n) is 7.80. The fraction of sp³-hybridized carbons (Fsp3) is 0.231. The van der Waals surface area contributed by atoms with Gasteiger partial charge in [0.05, 0.1) is 10.1 Å². The fourth-order valence-corrected chi connectivity index (χ4v) is 6.50. The van der Waals surface area contributed by atoms with E-state index in [1.54, 1.807) is 30.0 Å². The normalized spacial score (nSPS) is 11.9. The average molecular weight is 493 g/mol. The summed E-state index contributed by atoms with van der Waals surface area (Å²) in [7, 11) is -1.65. The van der Waals surface area contributed by atoms with Gasteiger partial charge in [-0.3, -0.25) is 0 Å².